The van der Waals surface area contributed by atoms with Crippen molar-refractivity contribution in [1.29, 1.82) is 5.26 Å². The molecule has 0 radical (unpaired) electrons. The van der Waals surface area contributed by atoms with Crippen LogP contribution in [-0.2, 0) is 17.6 Å². The molecular weight excluding hydrogens is 308 g/mol. The van der Waals surface area contributed by atoms with Gasteiger partial charge in [-0.2, -0.15) is 5.26 Å². The smallest absolute Gasteiger partial charge is 0.226 e. The molecular formula is C17H16N4OS. The van der Waals surface area contributed by atoms with Crippen LogP contribution in [0.25, 0.3) is 0 Å². The largest absolute Gasteiger partial charge is 0.311 e. The van der Waals surface area contributed by atoms with Crippen molar-refractivity contribution in [1.82, 2.24) is 9.97 Å². The van der Waals surface area contributed by atoms with E-state index in [0.717, 1.165) is 30.0 Å². The number of rotatable bonds is 5. The Hall–Kier alpha value is -2.39. The fourth-order valence-corrected chi connectivity index (χ4v) is 3.44. The third kappa shape index (κ3) is 3.88. The highest BCUT2D eigenvalue weighted by molar-refractivity contribution is 7.99. The van der Waals surface area contributed by atoms with Crippen LogP contribution < -0.4 is 5.32 Å². The van der Waals surface area contributed by atoms with E-state index in [4.69, 9.17) is 0 Å². The molecule has 0 aromatic carbocycles. The molecule has 116 valence electrons. The second kappa shape index (κ2) is 7.25. The molecule has 23 heavy (non-hydrogen) atoms. The average Bonchev–Trinajstić information content (AvgIpc) is 3.02. The average molecular weight is 324 g/mol. The number of aromatic nitrogens is 2. The molecule has 1 aliphatic carbocycles. The van der Waals surface area contributed by atoms with E-state index in [0.29, 0.717) is 23.6 Å². The molecule has 0 saturated carbocycles. The minimum absolute atomic E-state index is 0.0872. The van der Waals surface area contributed by atoms with E-state index in [-0.39, 0.29) is 5.91 Å². The van der Waals surface area contributed by atoms with Crippen LogP contribution in [0, 0.1) is 11.3 Å². The molecule has 0 bridgehead atoms. The summed E-state index contributed by atoms with van der Waals surface area (Å²) in [5.74, 6) is 1.05. The van der Waals surface area contributed by atoms with E-state index >= 15 is 0 Å². The normalized spacial score (nSPS) is 12.5. The van der Waals surface area contributed by atoms with Crippen molar-refractivity contribution in [2.24, 2.45) is 0 Å². The maximum atomic E-state index is 11.9. The van der Waals surface area contributed by atoms with Crippen LogP contribution >= 0.6 is 11.8 Å². The molecule has 0 atom stereocenters. The Labute approximate surface area is 139 Å². The fraction of sp³-hybridized carbons (Fsp3) is 0.294. The molecule has 0 spiro atoms. The molecule has 1 amide bonds. The summed E-state index contributed by atoms with van der Waals surface area (Å²) in [6, 6.07) is 9.53. The Morgan fingerprint density at radius 3 is 3.09 bits per heavy atom. The van der Waals surface area contributed by atoms with Crippen molar-refractivity contribution in [2.45, 2.75) is 30.7 Å². The van der Waals surface area contributed by atoms with Crippen molar-refractivity contribution in [3.05, 3.63) is 47.3 Å². The van der Waals surface area contributed by atoms with E-state index in [1.54, 1.807) is 18.3 Å². The van der Waals surface area contributed by atoms with Gasteiger partial charge in [0.05, 0.1) is 5.56 Å². The molecule has 2 heterocycles. The van der Waals surface area contributed by atoms with Crippen molar-refractivity contribution in [3.63, 3.8) is 0 Å². The molecule has 2 aromatic rings. The Morgan fingerprint density at radius 2 is 2.30 bits per heavy atom. The molecule has 0 unspecified atom stereocenters. The number of amides is 1. The summed E-state index contributed by atoms with van der Waals surface area (Å²) in [4.78, 5) is 20.6. The molecule has 0 saturated heterocycles. The maximum absolute atomic E-state index is 11.9. The minimum atomic E-state index is -0.0872. The highest BCUT2D eigenvalue weighted by Gasteiger charge is 2.16. The number of fused-ring (bicyclic) bond motifs is 1. The number of hydrogen-bond donors (Lipinski definition) is 1. The summed E-state index contributed by atoms with van der Waals surface area (Å²) in [5, 5.41) is 12.7. The summed E-state index contributed by atoms with van der Waals surface area (Å²) in [6.45, 7) is 0. The lowest BCUT2D eigenvalue weighted by Crippen LogP contribution is -2.13. The highest BCUT2D eigenvalue weighted by atomic mass is 32.2. The van der Waals surface area contributed by atoms with Gasteiger partial charge in [-0.15, -0.1) is 11.8 Å². The number of carbonyl (C=O) groups is 1. The first kappa shape index (κ1) is 15.5. The zero-order chi connectivity index (χ0) is 16.1. The molecule has 6 heteroatoms. The number of nitrogens with zero attached hydrogens (tertiary/aromatic N) is 3. The lowest BCUT2D eigenvalue weighted by atomic mass is 10.2. The first-order valence-electron chi connectivity index (χ1n) is 7.53. The molecule has 2 aromatic heterocycles. The Morgan fingerprint density at radius 1 is 1.39 bits per heavy atom. The van der Waals surface area contributed by atoms with Gasteiger partial charge in [-0.3, -0.25) is 4.79 Å². The monoisotopic (exact) mass is 324 g/mol. The summed E-state index contributed by atoms with van der Waals surface area (Å²) < 4.78 is 0. The van der Waals surface area contributed by atoms with Crippen molar-refractivity contribution in [2.75, 3.05) is 11.1 Å². The summed E-state index contributed by atoms with van der Waals surface area (Å²) >= 11 is 1.46. The first-order chi connectivity index (χ1) is 11.3. The summed E-state index contributed by atoms with van der Waals surface area (Å²) in [6.07, 6.45) is 5.08. The van der Waals surface area contributed by atoms with E-state index in [1.165, 1.54) is 17.3 Å². The number of aryl methyl sites for hydroxylation is 2. The lowest BCUT2D eigenvalue weighted by molar-refractivity contribution is -0.115. The Kier molecular flexibility index (Phi) is 4.89. The van der Waals surface area contributed by atoms with Crippen molar-refractivity contribution in [3.8, 4) is 6.07 Å². The van der Waals surface area contributed by atoms with Gasteiger partial charge in [0.1, 0.15) is 16.9 Å². The van der Waals surface area contributed by atoms with Crippen LogP contribution in [0.4, 0.5) is 5.82 Å². The summed E-state index contributed by atoms with van der Waals surface area (Å²) in [5.41, 5.74) is 2.91. The second-order valence-electron chi connectivity index (χ2n) is 5.27. The van der Waals surface area contributed by atoms with Gasteiger partial charge in [0.25, 0.3) is 0 Å². The van der Waals surface area contributed by atoms with E-state index < -0.39 is 0 Å². The topological polar surface area (TPSA) is 78.7 Å². The van der Waals surface area contributed by atoms with Crippen molar-refractivity contribution >= 4 is 23.5 Å². The van der Waals surface area contributed by atoms with Gasteiger partial charge < -0.3 is 5.32 Å². The predicted octanol–water partition coefficient (Wildman–Crippen LogP) is 2.96. The molecule has 1 N–H and O–H groups in total. The molecule has 1 aliphatic rings. The van der Waals surface area contributed by atoms with E-state index in [1.807, 2.05) is 12.1 Å². The van der Waals surface area contributed by atoms with Gasteiger partial charge in [-0.25, -0.2) is 9.97 Å². The minimum Gasteiger partial charge on any atom is -0.311 e. The third-order valence-electron chi connectivity index (χ3n) is 3.64. The maximum Gasteiger partial charge on any atom is 0.226 e. The van der Waals surface area contributed by atoms with Gasteiger partial charge in [0.15, 0.2) is 0 Å². The third-order valence-corrected chi connectivity index (χ3v) is 4.63. The fourth-order valence-electron chi connectivity index (χ4n) is 2.53. The number of hydrogen-bond acceptors (Lipinski definition) is 5. The number of thioether (sulfide) groups is 1. The van der Waals surface area contributed by atoms with Crippen LogP contribution in [0.15, 0.2) is 35.5 Å². The number of anilines is 1. The van der Waals surface area contributed by atoms with Crippen molar-refractivity contribution < 1.29 is 4.79 Å². The van der Waals surface area contributed by atoms with Gasteiger partial charge in [0.2, 0.25) is 5.91 Å². The van der Waals surface area contributed by atoms with Gasteiger partial charge >= 0.3 is 0 Å². The molecule has 0 aliphatic heterocycles. The second-order valence-corrected chi connectivity index (χ2v) is 6.36. The van der Waals surface area contributed by atoms with Gasteiger partial charge in [0, 0.05) is 24.1 Å². The lowest BCUT2D eigenvalue weighted by Gasteiger charge is -2.07. The number of pyridine rings is 2. The van der Waals surface area contributed by atoms with Crippen LogP contribution in [0.5, 0.6) is 0 Å². The van der Waals surface area contributed by atoms with E-state index in [9.17, 15) is 10.1 Å². The first-order valence-corrected chi connectivity index (χ1v) is 8.51. The van der Waals surface area contributed by atoms with Crippen LogP contribution in [0.1, 0.15) is 29.7 Å². The molecule has 5 nitrogen and oxygen atoms in total. The van der Waals surface area contributed by atoms with E-state index in [2.05, 4.69) is 21.4 Å². The molecule has 3 rings (SSSR count). The predicted molar refractivity (Wildman–Crippen MR) is 89.2 cm³/mol. The highest BCUT2D eigenvalue weighted by Crippen LogP contribution is 2.28. The zero-order valence-electron chi connectivity index (χ0n) is 12.6. The van der Waals surface area contributed by atoms with Gasteiger partial charge in [-0.05, 0) is 43.0 Å². The van der Waals surface area contributed by atoms with Crippen LogP contribution in [0.3, 0.4) is 0 Å². The quantitative estimate of drug-likeness (QED) is 0.855. The number of carbonyl (C=O) groups excluding carboxylic acids is 1. The Balaban J connectivity index is 1.57. The standard InChI is InChI=1S/C17H16N4OS/c18-11-13-10-12-4-3-5-14(12)20-17(13)23-9-7-16(22)21-15-6-1-2-8-19-15/h1-2,6,8,10H,3-5,7,9H2,(H,19,21,22). The number of nitrogens with one attached hydrogen (secondary N) is 1. The number of nitriles is 1. The zero-order valence-corrected chi connectivity index (χ0v) is 13.4. The van der Waals surface area contributed by atoms with Crippen LogP contribution in [-0.4, -0.2) is 21.6 Å². The SMILES string of the molecule is N#Cc1cc2c(nc1SCCC(=O)Nc1ccccn1)CCC2. The Bertz CT molecular complexity index is 755. The van der Waals surface area contributed by atoms with Gasteiger partial charge in [-0.1, -0.05) is 6.07 Å². The summed E-state index contributed by atoms with van der Waals surface area (Å²) in [7, 11) is 0. The van der Waals surface area contributed by atoms with Crippen LogP contribution in [0.2, 0.25) is 0 Å². The molecule has 0 fully saturated rings.